The summed E-state index contributed by atoms with van der Waals surface area (Å²) in [5.74, 6) is 0.480. The zero-order valence-corrected chi connectivity index (χ0v) is 16.1. The highest BCUT2D eigenvalue weighted by Crippen LogP contribution is 2.36. The number of hydrogen-bond donors (Lipinski definition) is 0. The largest absolute Gasteiger partial charge is 0.493 e. The van der Waals surface area contributed by atoms with Crippen LogP contribution in [0.15, 0.2) is 28.7 Å². The van der Waals surface area contributed by atoms with Crippen LogP contribution in [0.5, 0.6) is 11.5 Å². The average molecular weight is 395 g/mol. The number of aryl methyl sites for hydroxylation is 1. The van der Waals surface area contributed by atoms with Crippen LogP contribution in [0.3, 0.4) is 0 Å². The number of carbonyl (C=O) groups excluding carboxylic acids is 2. The van der Waals surface area contributed by atoms with Crippen molar-refractivity contribution < 1.29 is 33.0 Å². The topological polar surface area (TPSA) is 84.2 Å². The van der Waals surface area contributed by atoms with Gasteiger partial charge in [-0.05, 0) is 36.8 Å². The summed E-state index contributed by atoms with van der Waals surface area (Å²) >= 11 is 6.12. The van der Waals surface area contributed by atoms with Crippen molar-refractivity contribution in [2.24, 2.45) is 0 Å². The van der Waals surface area contributed by atoms with Crippen molar-refractivity contribution in [2.75, 3.05) is 21.3 Å². The van der Waals surface area contributed by atoms with E-state index in [0.717, 1.165) is 0 Å². The van der Waals surface area contributed by atoms with Crippen LogP contribution in [-0.2, 0) is 20.9 Å². The van der Waals surface area contributed by atoms with Crippen molar-refractivity contribution in [3.8, 4) is 11.5 Å². The molecule has 0 aliphatic heterocycles. The molecule has 1 aromatic carbocycles. The van der Waals surface area contributed by atoms with Gasteiger partial charge in [-0.3, -0.25) is 0 Å². The van der Waals surface area contributed by atoms with E-state index in [1.165, 1.54) is 39.5 Å². The molecule has 0 unspecified atom stereocenters. The molecule has 0 radical (unpaired) electrons. The van der Waals surface area contributed by atoms with E-state index in [0.29, 0.717) is 39.2 Å². The SMILES string of the molecule is COC(=O)c1cc(COC(=O)/C=C/c2cc(Cl)c(OC)c(OC)c2)oc1C. The van der Waals surface area contributed by atoms with Gasteiger partial charge >= 0.3 is 11.9 Å². The fraction of sp³-hybridized carbons (Fsp3) is 0.263. The lowest BCUT2D eigenvalue weighted by atomic mass is 10.2. The minimum absolute atomic E-state index is 0.117. The van der Waals surface area contributed by atoms with Crippen LogP contribution in [0.25, 0.3) is 6.08 Å². The minimum Gasteiger partial charge on any atom is -0.493 e. The van der Waals surface area contributed by atoms with E-state index in [1.807, 2.05) is 0 Å². The fourth-order valence-corrected chi connectivity index (χ4v) is 2.61. The van der Waals surface area contributed by atoms with Crippen molar-refractivity contribution >= 4 is 29.6 Å². The molecule has 0 saturated heterocycles. The Morgan fingerprint density at radius 1 is 1.15 bits per heavy atom. The number of carbonyl (C=O) groups is 2. The van der Waals surface area contributed by atoms with Crippen LogP contribution < -0.4 is 9.47 Å². The van der Waals surface area contributed by atoms with Gasteiger partial charge in [0.1, 0.15) is 23.7 Å². The van der Waals surface area contributed by atoms with Crippen LogP contribution in [0, 0.1) is 6.92 Å². The van der Waals surface area contributed by atoms with Gasteiger partial charge in [0.05, 0.1) is 26.4 Å². The highest BCUT2D eigenvalue weighted by molar-refractivity contribution is 6.32. The third-order valence-electron chi connectivity index (χ3n) is 3.60. The minimum atomic E-state index is -0.588. The molecule has 27 heavy (non-hydrogen) atoms. The first-order valence-electron chi connectivity index (χ1n) is 7.83. The number of benzene rings is 1. The maximum atomic E-state index is 11.9. The molecule has 7 nitrogen and oxygen atoms in total. The third kappa shape index (κ3) is 5.04. The summed E-state index contributed by atoms with van der Waals surface area (Å²) in [6.45, 7) is 1.51. The van der Waals surface area contributed by atoms with Gasteiger partial charge in [0, 0.05) is 6.08 Å². The molecule has 0 aliphatic carbocycles. The molecule has 0 spiro atoms. The van der Waals surface area contributed by atoms with Crippen molar-refractivity contribution in [1.82, 2.24) is 0 Å². The third-order valence-corrected chi connectivity index (χ3v) is 3.88. The van der Waals surface area contributed by atoms with E-state index < -0.39 is 11.9 Å². The molecule has 1 aromatic heterocycles. The summed E-state index contributed by atoms with van der Waals surface area (Å²) in [5.41, 5.74) is 0.926. The molecule has 0 bridgehead atoms. The highest BCUT2D eigenvalue weighted by atomic mass is 35.5. The molecule has 8 heteroatoms. The normalized spacial score (nSPS) is 10.7. The summed E-state index contributed by atoms with van der Waals surface area (Å²) in [4.78, 5) is 23.4. The zero-order valence-electron chi connectivity index (χ0n) is 15.3. The van der Waals surface area contributed by atoms with Gasteiger partial charge in [-0.15, -0.1) is 0 Å². The predicted octanol–water partition coefficient (Wildman–Crippen LogP) is 3.80. The Labute approximate surface area is 161 Å². The molecule has 0 atom stereocenters. The number of ether oxygens (including phenoxy) is 4. The van der Waals surface area contributed by atoms with Gasteiger partial charge in [-0.2, -0.15) is 0 Å². The van der Waals surface area contributed by atoms with Gasteiger partial charge in [-0.25, -0.2) is 9.59 Å². The standard InChI is InChI=1S/C19H19ClO7/c1-11-14(19(22)25-4)9-13(27-11)10-26-17(21)6-5-12-7-15(20)18(24-3)16(8-12)23-2/h5-9H,10H2,1-4H3/b6-5+. The summed E-state index contributed by atoms with van der Waals surface area (Å²) in [6.07, 6.45) is 2.78. The summed E-state index contributed by atoms with van der Waals surface area (Å²) in [5, 5.41) is 0.353. The molecular formula is C19H19ClO7. The maximum absolute atomic E-state index is 11.9. The Morgan fingerprint density at radius 3 is 2.52 bits per heavy atom. The van der Waals surface area contributed by atoms with Gasteiger partial charge in [0.15, 0.2) is 11.5 Å². The second-order valence-corrected chi connectivity index (χ2v) is 5.76. The van der Waals surface area contributed by atoms with Crippen LogP contribution in [-0.4, -0.2) is 33.3 Å². The monoisotopic (exact) mass is 394 g/mol. The van der Waals surface area contributed by atoms with E-state index in [-0.39, 0.29) is 6.61 Å². The second-order valence-electron chi connectivity index (χ2n) is 5.35. The lowest BCUT2D eigenvalue weighted by Gasteiger charge is -2.10. The molecule has 1 heterocycles. The summed E-state index contributed by atoms with van der Waals surface area (Å²) in [7, 11) is 4.25. The smallest absolute Gasteiger partial charge is 0.341 e. The predicted molar refractivity (Wildman–Crippen MR) is 98.2 cm³/mol. The fourth-order valence-electron chi connectivity index (χ4n) is 2.32. The molecule has 0 aliphatic rings. The van der Waals surface area contributed by atoms with Gasteiger partial charge < -0.3 is 23.4 Å². The van der Waals surface area contributed by atoms with E-state index >= 15 is 0 Å². The Balaban J connectivity index is 2.02. The van der Waals surface area contributed by atoms with Crippen molar-refractivity contribution in [2.45, 2.75) is 13.5 Å². The number of methoxy groups -OCH3 is 3. The first kappa shape index (κ1) is 20.4. The molecular weight excluding hydrogens is 376 g/mol. The van der Waals surface area contributed by atoms with Crippen LogP contribution >= 0.6 is 11.6 Å². The summed E-state index contributed by atoms with van der Waals surface area (Å²) < 4.78 is 25.5. The number of furan rings is 1. The molecule has 0 N–H and O–H groups in total. The van der Waals surface area contributed by atoms with E-state index in [9.17, 15) is 9.59 Å². The molecule has 0 saturated carbocycles. The lowest BCUT2D eigenvalue weighted by molar-refractivity contribution is -0.139. The number of rotatable bonds is 7. The Kier molecular flexibility index (Phi) is 6.90. The highest BCUT2D eigenvalue weighted by Gasteiger charge is 2.16. The van der Waals surface area contributed by atoms with E-state index in [1.54, 1.807) is 19.1 Å². The molecule has 2 rings (SSSR count). The van der Waals surface area contributed by atoms with Crippen LogP contribution in [0.4, 0.5) is 0 Å². The Morgan fingerprint density at radius 2 is 1.89 bits per heavy atom. The van der Waals surface area contributed by atoms with Crippen LogP contribution in [0.2, 0.25) is 5.02 Å². The van der Waals surface area contributed by atoms with Gasteiger partial charge in [-0.1, -0.05) is 11.6 Å². The molecule has 144 valence electrons. The number of hydrogen-bond acceptors (Lipinski definition) is 7. The number of esters is 2. The number of halogens is 1. The van der Waals surface area contributed by atoms with Crippen LogP contribution in [0.1, 0.15) is 27.4 Å². The lowest BCUT2D eigenvalue weighted by Crippen LogP contribution is -2.01. The second kappa shape index (κ2) is 9.14. The first-order chi connectivity index (χ1) is 12.9. The van der Waals surface area contributed by atoms with Crippen molar-refractivity contribution in [3.63, 3.8) is 0 Å². The first-order valence-corrected chi connectivity index (χ1v) is 8.21. The van der Waals surface area contributed by atoms with Gasteiger partial charge in [0.25, 0.3) is 0 Å². The van der Waals surface area contributed by atoms with Gasteiger partial charge in [0.2, 0.25) is 0 Å². The average Bonchev–Trinajstić information content (AvgIpc) is 3.04. The van der Waals surface area contributed by atoms with Crippen molar-refractivity contribution in [3.05, 3.63) is 51.9 Å². The molecule has 0 fully saturated rings. The summed E-state index contributed by atoms with van der Waals surface area (Å²) in [6, 6.07) is 4.78. The molecule has 2 aromatic rings. The molecule has 0 amide bonds. The van der Waals surface area contributed by atoms with Crippen molar-refractivity contribution in [1.29, 1.82) is 0 Å². The zero-order chi connectivity index (χ0) is 20.0. The van der Waals surface area contributed by atoms with E-state index in [2.05, 4.69) is 4.74 Å². The Hall–Kier alpha value is -2.93. The van der Waals surface area contributed by atoms with E-state index in [4.69, 9.17) is 30.2 Å². The quantitative estimate of drug-likeness (QED) is 0.521. The maximum Gasteiger partial charge on any atom is 0.341 e. The Bertz CT molecular complexity index is 867.